The number of nitrogens with zero attached hydrogens (tertiary/aromatic N) is 1. The normalized spacial score (nSPS) is 15.6. The van der Waals surface area contributed by atoms with Crippen LogP contribution in [0.15, 0.2) is 52.4 Å². The Kier molecular flexibility index (Phi) is 5.84. The predicted octanol–water partition coefficient (Wildman–Crippen LogP) is 2.16. The summed E-state index contributed by atoms with van der Waals surface area (Å²) >= 11 is 0. The molecule has 9 heteroatoms. The molecule has 0 fully saturated rings. The summed E-state index contributed by atoms with van der Waals surface area (Å²) in [4.78, 5) is 16.7. The van der Waals surface area contributed by atoms with Gasteiger partial charge in [0.2, 0.25) is 5.91 Å². The van der Waals surface area contributed by atoms with E-state index in [1.165, 1.54) is 6.07 Å². The van der Waals surface area contributed by atoms with Gasteiger partial charge in [0.25, 0.3) is 10.0 Å². The molecule has 2 aromatic carbocycles. The lowest BCUT2D eigenvalue weighted by atomic mass is 10.2. The zero-order valence-corrected chi connectivity index (χ0v) is 16.4. The van der Waals surface area contributed by atoms with Crippen molar-refractivity contribution >= 4 is 27.5 Å². The number of sulfonamides is 1. The van der Waals surface area contributed by atoms with Crippen molar-refractivity contribution in [3.8, 4) is 11.5 Å². The molecule has 1 heterocycles. The van der Waals surface area contributed by atoms with Crippen LogP contribution in [-0.2, 0) is 14.8 Å². The number of anilines is 1. The summed E-state index contributed by atoms with van der Waals surface area (Å²) in [6.45, 7) is 4.39. The van der Waals surface area contributed by atoms with Gasteiger partial charge >= 0.3 is 0 Å². The van der Waals surface area contributed by atoms with Gasteiger partial charge in [-0.3, -0.25) is 14.5 Å². The van der Waals surface area contributed by atoms with Crippen LogP contribution in [0.1, 0.15) is 19.4 Å². The van der Waals surface area contributed by atoms with Crippen LogP contribution in [0.3, 0.4) is 0 Å². The third-order valence-electron chi connectivity index (χ3n) is 3.88. The van der Waals surface area contributed by atoms with E-state index >= 15 is 0 Å². The lowest BCUT2D eigenvalue weighted by molar-refractivity contribution is -0.114. The lowest BCUT2D eigenvalue weighted by Crippen LogP contribution is -2.24. The maximum Gasteiger partial charge on any atom is 0.263 e. The summed E-state index contributed by atoms with van der Waals surface area (Å²) in [5.41, 5.74) is 0.911. The molecule has 3 rings (SSSR count). The van der Waals surface area contributed by atoms with Crippen molar-refractivity contribution in [2.24, 2.45) is 4.99 Å². The number of amidine groups is 1. The van der Waals surface area contributed by atoms with Crippen molar-refractivity contribution in [2.75, 3.05) is 25.1 Å². The monoisotopic (exact) mass is 403 g/mol. The number of benzene rings is 2. The molecule has 0 saturated carbocycles. The van der Waals surface area contributed by atoms with E-state index in [4.69, 9.17) is 9.47 Å². The fraction of sp³-hybridized carbons (Fsp3) is 0.263. The average molecular weight is 403 g/mol. The first-order chi connectivity index (χ1) is 13.4. The number of nitrogens with one attached hydrogen (secondary N) is 2. The highest BCUT2D eigenvalue weighted by molar-refractivity contribution is 7.90. The van der Waals surface area contributed by atoms with Crippen molar-refractivity contribution in [2.45, 2.75) is 18.7 Å². The van der Waals surface area contributed by atoms with E-state index in [1.807, 2.05) is 13.8 Å². The van der Waals surface area contributed by atoms with E-state index in [2.05, 4.69) is 15.0 Å². The second-order valence-electron chi connectivity index (χ2n) is 5.84. The first-order valence-corrected chi connectivity index (χ1v) is 10.3. The SMILES string of the molecule is CCOc1ccc(OCC)c(NC(=O)CN=C2NS(=O)(=O)c3ccccc32)c1. The summed E-state index contributed by atoms with van der Waals surface area (Å²) in [5.74, 6) is 0.855. The summed E-state index contributed by atoms with van der Waals surface area (Å²) < 4.78 is 37.5. The molecule has 0 saturated heterocycles. The maximum absolute atomic E-state index is 12.4. The number of aliphatic imine (C=N–C) groups is 1. The number of carbonyl (C=O) groups is 1. The molecule has 0 spiro atoms. The van der Waals surface area contributed by atoms with Crippen LogP contribution in [0, 0.1) is 0 Å². The molecule has 0 radical (unpaired) electrons. The molecule has 28 heavy (non-hydrogen) atoms. The summed E-state index contributed by atoms with van der Waals surface area (Å²) in [7, 11) is -3.64. The Morgan fingerprint density at radius 3 is 2.61 bits per heavy atom. The van der Waals surface area contributed by atoms with Crippen LogP contribution < -0.4 is 19.5 Å². The molecule has 2 N–H and O–H groups in total. The minimum absolute atomic E-state index is 0.150. The van der Waals surface area contributed by atoms with Gasteiger partial charge in [-0.15, -0.1) is 0 Å². The van der Waals surface area contributed by atoms with E-state index in [0.717, 1.165) is 0 Å². The van der Waals surface area contributed by atoms with Gasteiger partial charge in [-0.05, 0) is 38.1 Å². The highest BCUT2D eigenvalue weighted by atomic mass is 32.2. The van der Waals surface area contributed by atoms with E-state index < -0.39 is 15.9 Å². The van der Waals surface area contributed by atoms with Crippen molar-refractivity contribution in [3.05, 3.63) is 48.0 Å². The van der Waals surface area contributed by atoms with Gasteiger partial charge < -0.3 is 14.8 Å². The largest absolute Gasteiger partial charge is 0.494 e. The number of hydrogen-bond acceptors (Lipinski definition) is 6. The number of hydrogen-bond donors (Lipinski definition) is 2. The molecule has 1 aliphatic heterocycles. The Bertz CT molecular complexity index is 1020. The van der Waals surface area contributed by atoms with E-state index in [1.54, 1.807) is 36.4 Å². The number of carbonyl (C=O) groups excluding carboxylic acids is 1. The Hall–Kier alpha value is -3.07. The Balaban J connectivity index is 1.76. The van der Waals surface area contributed by atoms with Crippen molar-refractivity contribution in [1.29, 1.82) is 0 Å². The molecular formula is C19H21N3O5S. The number of ether oxygens (including phenoxy) is 2. The standard InChI is InChI=1S/C19H21N3O5S/c1-3-26-13-9-10-16(27-4-2)15(11-13)21-18(23)12-20-19-14-7-5-6-8-17(14)28(24,25)22-19/h5-11H,3-4,12H2,1-2H3,(H,20,22)(H,21,23). The molecule has 2 aromatic rings. The minimum atomic E-state index is -3.64. The molecule has 1 aliphatic rings. The summed E-state index contributed by atoms with van der Waals surface area (Å²) in [5, 5.41) is 2.73. The van der Waals surface area contributed by atoms with Crippen LogP contribution in [0.4, 0.5) is 5.69 Å². The zero-order chi connectivity index (χ0) is 20.1. The fourth-order valence-corrected chi connectivity index (χ4v) is 3.99. The molecule has 0 aromatic heterocycles. The topological polar surface area (TPSA) is 106 Å². The Morgan fingerprint density at radius 2 is 1.86 bits per heavy atom. The summed E-state index contributed by atoms with van der Waals surface area (Å²) in [6.07, 6.45) is 0. The van der Waals surface area contributed by atoms with Gasteiger partial charge in [0.05, 0.1) is 23.8 Å². The van der Waals surface area contributed by atoms with E-state index in [9.17, 15) is 13.2 Å². The van der Waals surface area contributed by atoms with Gasteiger partial charge in [0.1, 0.15) is 23.9 Å². The van der Waals surface area contributed by atoms with Gasteiger partial charge in [-0.25, -0.2) is 8.42 Å². The lowest BCUT2D eigenvalue weighted by Gasteiger charge is -2.13. The molecule has 1 amide bonds. The van der Waals surface area contributed by atoms with Crippen LogP contribution in [0.5, 0.6) is 11.5 Å². The molecule has 0 bridgehead atoms. The number of fused-ring (bicyclic) bond motifs is 1. The fourth-order valence-electron chi connectivity index (χ4n) is 2.74. The number of amides is 1. The molecule has 0 atom stereocenters. The average Bonchev–Trinajstić information content (AvgIpc) is 2.93. The molecule has 8 nitrogen and oxygen atoms in total. The first-order valence-electron chi connectivity index (χ1n) is 8.80. The zero-order valence-electron chi connectivity index (χ0n) is 15.6. The van der Waals surface area contributed by atoms with Gasteiger partial charge in [0, 0.05) is 11.6 Å². The molecule has 0 aliphatic carbocycles. The third kappa shape index (κ3) is 4.25. The van der Waals surface area contributed by atoms with E-state index in [0.29, 0.717) is 36.0 Å². The first kappa shape index (κ1) is 19.7. The van der Waals surface area contributed by atoms with Gasteiger partial charge in [-0.1, -0.05) is 12.1 Å². The van der Waals surface area contributed by atoms with Crippen LogP contribution >= 0.6 is 0 Å². The smallest absolute Gasteiger partial charge is 0.263 e. The van der Waals surface area contributed by atoms with Crippen LogP contribution in [-0.4, -0.2) is 39.9 Å². The second kappa shape index (κ2) is 8.30. The number of rotatable bonds is 7. The molecule has 0 unspecified atom stereocenters. The van der Waals surface area contributed by atoms with Crippen LogP contribution in [0.25, 0.3) is 0 Å². The Labute approximate surface area is 163 Å². The maximum atomic E-state index is 12.4. The highest BCUT2D eigenvalue weighted by Gasteiger charge is 2.30. The third-order valence-corrected chi connectivity index (χ3v) is 5.28. The van der Waals surface area contributed by atoms with Gasteiger partial charge in [0.15, 0.2) is 0 Å². The van der Waals surface area contributed by atoms with Gasteiger partial charge in [-0.2, -0.15) is 0 Å². The van der Waals surface area contributed by atoms with Crippen molar-refractivity contribution in [1.82, 2.24) is 4.72 Å². The van der Waals surface area contributed by atoms with Crippen molar-refractivity contribution < 1.29 is 22.7 Å². The molecule has 148 valence electrons. The van der Waals surface area contributed by atoms with Crippen LogP contribution in [0.2, 0.25) is 0 Å². The van der Waals surface area contributed by atoms with Crippen molar-refractivity contribution in [3.63, 3.8) is 0 Å². The second-order valence-corrected chi connectivity index (χ2v) is 7.49. The highest BCUT2D eigenvalue weighted by Crippen LogP contribution is 2.29. The minimum Gasteiger partial charge on any atom is -0.494 e. The van der Waals surface area contributed by atoms with E-state index in [-0.39, 0.29) is 17.3 Å². The molecular weight excluding hydrogens is 382 g/mol. The summed E-state index contributed by atoms with van der Waals surface area (Å²) in [6, 6.07) is 11.6. The Morgan fingerprint density at radius 1 is 1.11 bits per heavy atom. The predicted molar refractivity (Wildman–Crippen MR) is 106 cm³/mol. The quantitative estimate of drug-likeness (QED) is 0.737.